The van der Waals surface area contributed by atoms with Gasteiger partial charge in [0, 0.05) is 11.3 Å². The van der Waals surface area contributed by atoms with Crippen LogP contribution in [0.15, 0.2) is 41.8 Å². The molecule has 82 valence electrons. The molecule has 2 heterocycles. The van der Waals surface area contributed by atoms with Crippen LogP contribution in [0.5, 0.6) is 5.75 Å². The third-order valence-electron chi connectivity index (χ3n) is 2.81. The standard InChI is InChI=1S/C13H11BrOS/c14-13(12-6-3-7-16-12)11-8-9-4-1-2-5-10(9)15-11/h1-7,11,13H,8H2. The molecule has 1 nitrogen and oxygen atoms in total. The van der Waals surface area contributed by atoms with E-state index in [4.69, 9.17) is 4.74 Å². The van der Waals surface area contributed by atoms with Crippen molar-refractivity contribution >= 4 is 27.3 Å². The molecule has 0 saturated carbocycles. The molecule has 0 amide bonds. The van der Waals surface area contributed by atoms with Gasteiger partial charge in [-0.15, -0.1) is 11.3 Å². The van der Waals surface area contributed by atoms with Gasteiger partial charge in [-0.3, -0.25) is 0 Å². The van der Waals surface area contributed by atoms with Crippen LogP contribution in [0.25, 0.3) is 0 Å². The molecule has 1 aromatic carbocycles. The zero-order valence-corrected chi connectivity index (χ0v) is 11.0. The number of rotatable bonds is 2. The summed E-state index contributed by atoms with van der Waals surface area (Å²) in [4.78, 5) is 1.62. The molecule has 0 saturated heterocycles. The van der Waals surface area contributed by atoms with E-state index in [2.05, 4.69) is 45.6 Å². The SMILES string of the molecule is BrC(c1cccs1)C1Cc2ccccc2O1. The molecular formula is C13H11BrOS. The van der Waals surface area contributed by atoms with Crippen LogP contribution < -0.4 is 4.74 Å². The van der Waals surface area contributed by atoms with E-state index in [1.807, 2.05) is 12.1 Å². The number of hydrogen-bond donors (Lipinski definition) is 0. The second kappa shape index (κ2) is 4.22. The predicted molar refractivity (Wildman–Crippen MR) is 70.5 cm³/mol. The van der Waals surface area contributed by atoms with Crippen LogP contribution in [0.2, 0.25) is 0 Å². The van der Waals surface area contributed by atoms with Gasteiger partial charge in [0.15, 0.2) is 0 Å². The maximum atomic E-state index is 5.95. The maximum absolute atomic E-state index is 5.95. The molecule has 2 unspecified atom stereocenters. The van der Waals surface area contributed by atoms with Crippen molar-refractivity contribution in [2.75, 3.05) is 0 Å². The lowest BCUT2D eigenvalue weighted by molar-refractivity contribution is 0.233. The summed E-state index contributed by atoms with van der Waals surface area (Å²) < 4.78 is 5.95. The highest BCUT2D eigenvalue weighted by atomic mass is 79.9. The van der Waals surface area contributed by atoms with Crippen LogP contribution in [0.3, 0.4) is 0 Å². The van der Waals surface area contributed by atoms with E-state index in [1.165, 1.54) is 10.4 Å². The molecule has 0 N–H and O–H groups in total. The molecule has 0 fully saturated rings. The number of halogens is 1. The molecule has 0 spiro atoms. The fourth-order valence-electron chi connectivity index (χ4n) is 2.00. The fourth-order valence-corrected chi connectivity index (χ4v) is 3.53. The van der Waals surface area contributed by atoms with Crippen LogP contribution in [0.1, 0.15) is 15.3 Å². The molecule has 3 heteroatoms. The van der Waals surface area contributed by atoms with Crippen molar-refractivity contribution in [3.8, 4) is 5.75 Å². The van der Waals surface area contributed by atoms with Crippen molar-refractivity contribution in [3.05, 3.63) is 52.2 Å². The minimum absolute atomic E-state index is 0.219. The molecule has 1 aromatic heterocycles. The molecular weight excluding hydrogens is 284 g/mol. The van der Waals surface area contributed by atoms with E-state index in [9.17, 15) is 0 Å². The lowest BCUT2D eigenvalue weighted by Crippen LogP contribution is -2.18. The number of thiophene rings is 1. The second-order valence-corrected chi connectivity index (χ2v) is 5.85. The first-order valence-corrected chi connectivity index (χ1v) is 7.06. The lowest BCUT2D eigenvalue weighted by Gasteiger charge is -2.16. The Balaban J connectivity index is 1.81. The Morgan fingerprint density at radius 1 is 1.25 bits per heavy atom. The first-order chi connectivity index (χ1) is 7.84. The van der Waals surface area contributed by atoms with Crippen LogP contribution in [-0.4, -0.2) is 6.10 Å². The monoisotopic (exact) mass is 294 g/mol. The second-order valence-electron chi connectivity index (χ2n) is 3.89. The maximum Gasteiger partial charge on any atom is 0.123 e. The smallest absolute Gasteiger partial charge is 0.123 e. The highest BCUT2D eigenvalue weighted by Crippen LogP contribution is 2.39. The van der Waals surface area contributed by atoms with E-state index in [1.54, 1.807) is 11.3 Å². The summed E-state index contributed by atoms with van der Waals surface area (Å²) in [5.41, 5.74) is 1.31. The third kappa shape index (κ3) is 1.78. The van der Waals surface area contributed by atoms with Crippen molar-refractivity contribution in [1.82, 2.24) is 0 Å². The zero-order chi connectivity index (χ0) is 11.0. The summed E-state index contributed by atoms with van der Waals surface area (Å²) in [5.74, 6) is 1.04. The van der Waals surface area contributed by atoms with Gasteiger partial charge in [-0.25, -0.2) is 0 Å². The Bertz CT molecular complexity index is 455. The van der Waals surface area contributed by atoms with Gasteiger partial charge in [-0.2, -0.15) is 0 Å². The Morgan fingerprint density at radius 2 is 2.12 bits per heavy atom. The highest BCUT2D eigenvalue weighted by molar-refractivity contribution is 9.09. The largest absolute Gasteiger partial charge is 0.488 e. The summed E-state index contributed by atoms with van der Waals surface area (Å²) in [6.45, 7) is 0. The number of benzene rings is 1. The van der Waals surface area contributed by atoms with E-state index >= 15 is 0 Å². The van der Waals surface area contributed by atoms with Crippen LogP contribution in [-0.2, 0) is 6.42 Å². The van der Waals surface area contributed by atoms with Crippen molar-refractivity contribution < 1.29 is 4.74 Å². The van der Waals surface area contributed by atoms with Gasteiger partial charge in [0.25, 0.3) is 0 Å². The summed E-state index contributed by atoms with van der Waals surface area (Å²) in [6.07, 6.45) is 1.21. The molecule has 2 aromatic rings. The molecule has 16 heavy (non-hydrogen) atoms. The third-order valence-corrected chi connectivity index (χ3v) is 5.15. The Kier molecular flexibility index (Phi) is 2.74. The van der Waals surface area contributed by atoms with Gasteiger partial charge in [-0.05, 0) is 23.1 Å². The summed E-state index contributed by atoms with van der Waals surface area (Å²) in [5, 5.41) is 2.10. The average molecular weight is 295 g/mol. The quantitative estimate of drug-likeness (QED) is 0.755. The molecule has 0 bridgehead atoms. The van der Waals surface area contributed by atoms with Gasteiger partial charge < -0.3 is 4.74 Å². The lowest BCUT2D eigenvalue weighted by atomic mass is 10.1. The van der Waals surface area contributed by atoms with Crippen LogP contribution >= 0.6 is 27.3 Å². The highest BCUT2D eigenvalue weighted by Gasteiger charge is 2.29. The normalized spacial score (nSPS) is 20.2. The minimum Gasteiger partial charge on any atom is -0.488 e. The first-order valence-electron chi connectivity index (χ1n) is 5.26. The van der Waals surface area contributed by atoms with Gasteiger partial charge in [0.2, 0.25) is 0 Å². The predicted octanol–water partition coefficient (Wildman–Crippen LogP) is 4.19. The van der Waals surface area contributed by atoms with Gasteiger partial charge >= 0.3 is 0 Å². The molecule has 0 aliphatic carbocycles. The number of ether oxygens (including phenoxy) is 1. The van der Waals surface area contributed by atoms with Crippen molar-refractivity contribution in [2.24, 2.45) is 0 Å². The molecule has 0 radical (unpaired) electrons. The summed E-state index contributed by atoms with van der Waals surface area (Å²) in [7, 11) is 0. The molecule has 3 rings (SSSR count). The van der Waals surface area contributed by atoms with Gasteiger partial charge in [-0.1, -0.05) is 40.2 Å². The number of hydrogen-bond acceptors (Lipinski definition) is 2. The summed E-state index contributed by atoms with van der Waals surface area (Å²) in [6, 6.07) is 12.5. The molecule has 2 atom stereocenters. The van der Waals surface area contributed by atoms with Crippen LogP contribution in [0, 0.1) is 0 Å². The number of fused-ring (bicyclic) bond motifs is 1. The number of para-hydroxylation sites is 1. The van der Waals surface area contributed by atoms with Crippen molar-refractivity contribution in [1.29, 1.82) is 0 Å². The number of alkyl halides is 1. The topological polar surface area (TPSA) is 9.23 Å². The van der Waals surface area contributed by atoms with E-state index in [0.717, 1.165) is 12.2 Å². The van der Waals surface area contributed by atoms with E-state index in [-0.39, 0.29) is 6.10 Å². The van der Waals surface area contributed by atoms with Crippen molar-refractivity contribution in [3.63, 3.8) is 0 Å². The van der Waals surface area contributed by atoms with Gasteiger partial charge in [0.1, 0.15) is 11.9 Å². The molecule has 1 aliphatic heterocycles. The Morgan fingerprint density at radius 3 is 2.88 bits per heavy atom. The van der Waals surface area contributed by atoms with E-state index < -0.39 is 0 Å². The van der Waals surface area contributed by atoms with E-state index in [0.29, 0.717) is 4.83 Å². The Hall–Kier alpha value is -0.800. The van der Waals surface area contributed by atoms with Gasteiger partial charge in [0.05, 0.1) is 4.83 Å². The molecule has 1 aliphatic rings. The van der Waals surface area contributed by atoms with Crippen LogP contribution in [0.4, 0.5) is 0 Å². The summed E-state index contributed by atoms with van der Waals surface area (Å²) >= 11 is 5.51. The van der Waals surface area contributed by atoms with Crippen molar-refractivity contribution in [2.45, 2.75) is 17.4 Å². The average Bonchev–Trinajstić information content (AvgIpc) is 2.97. The zero-order valence-electron chi connectivity index (χ0n) is 8.60. The first kappa shape index (κ1) is 10.4. The Labute approximate surface area is 107 Å². The minimum atomic E-state index is 0.219. The fraction of sp³-hybridized carbons (Fsp3) is 0.231.